The van der Waals surface area contributed by atoms with E-state index in [1.165, 1.54) is 0 Å². The molecule has 0 unspecified atom stereocenters. The first-order chi connectivity index (χ1) is 7.86. The van der Waals surface area contributed by atoms with Crippen LogP contribution in [0.3, 0.4) is 0 Å². The van der Waals surface area contributed by atoms with Crippen molar-refractivity contribution in [2.24, 2.45) is 0 Å². The van der Waals surface area contributed by atoms with Gasteiger partial charge in [0.1, 0.15) is 5.76 Å². The van der Waals surface area contributed by atoms with Crippen LogP contribution in [0.2, 0.25) is 0 Å². The van der Waals surface area contributed by atoms with Crippen molar-refractivity contribution in [3.05, 3.63) is 47.7 Å². The third-order valence-electron chi connectivity index (χ3n) is 2.87. The molecule has 0 bridgehead atoms. The highest BCUT2D eigenvalue weighted by Crippen LogP contribution is 2.28. The van der Waals surface area contributed by atoms with Crippen LogP contribution in [0.15, 0.2) is 41.0 Å². The zero-order chi connectivity index (χ0) is 11.0. The number of hydrogen-bond acceptors (Lipinski definition) is 2. The number of furan rings is 1. The van der Waals surface area contributed by atoms with Crippen molar-refractivity contribution >= 4 is 5.91 Å². The lowest BCUT2D eigenvalue weighted by Crippen LogP contribution is -2.32. The Labute approximate surface area is 93.1 Å². The van der Waals surface area contributed by atoms with E-state index in [0.717, 1.165) is 28.9 Å². The lowest BCUT2D eigenvalue weighted by molar-refractivity contribution is 0.0946. The molecule has 3 nitrogen and oxygen atoms in total. The summed E-state index contributed by atoms with van der Waals surface area (Å²) in [5.74, 6) is 0.834. The second-order valence-corrected chi connectivity index (χ2v) is 3.81. The zero-order valence-electron chi connectivity index (χ0n) is 8.69. The number of carbonyl (C=O) groups excluding carboxylic acids is 1. The van der Waals surface area contributed by atoms with E-state index in [1.807, 2.05) is 30.3 Å². The molecule has 0 fully saturated rings. The summed E-state index contributed by atoms with van der Waals surface area (Å²) in [7, 11) is 0. The zero-order valence-corrected chi connectivity index (χ0v) is 8.69. The monoisotopic (exact) mass is 213 g/mol. The molecule has 0 atom stereocenters. The third-order valence-corrected chi connectivity index (χ3v) is 2.87. The van der Waals surface area contributed by atoms with Crippen molar-refractivity contribution in [1.29, 1.82) is 0 Å². The predicted molar refractivity (Wildman–Crippen MR) is 60.2 cm³/mol. The molecule has 1 aliphatic heterocycles. The second kappa shape index (κ2) is 3.52. The minimum Gasteiger partial charge on any atom is -0.464 e. The Morgan fingerprint density at radius 2 is 2.00 bits per heavy atom. The topological polar surface area (TPSA) is 42.2 Å². The van der Waals surface area contributed by atoms with E-state index >= 15 is 0 Å². The molecule has 0 saturated heterocycles. The highest BCUT2D eigenvalue weighted by Gasteiger charge is 2.20. The van der Waals surface area contributed by atoms with E-state index in [9.17, 15) is 4.79 Å². The van der Waals surface area contributed by atoms with E-state index < -0.39 is 0 Å². The lowest BCUT2D eigenvalue weighted by atomic mass is 9.94. The second-order valence-electron chi connectivity index (χ2n) is 3.81. The van der Waals surface area contributed by atoms with Gasteiger partial charge in [0.2, 0.25) is 0 Å². The molecule has 3 rings (SSSR count). The van der Waals surface area contributed by atoms with Crippen LogP contribution >= 0.6 is 0 Å². The molecule has 1 amide bonds. The molecule has 1 N–H and O–H groups in total. The SMILES string of the molecule is O=C1NCCc2c1cccc2-c1ccco1. The van der Waals surface area contributed by atoms with Crippen LogP contribution in [-0.2, 0) is 6.42 Å². The number of fused-ring (bicyclic) bond motifs is 1. The molecule has 1 aliphatic rings. The summed E-state index contributed by atoms with van der Waals surface area (Å²) >= 11 is 0. The van der Waals surface area contributed by atoms with Crippen molar-refractivity contribution in [3.63, 3.8) is 0 Å². The predicted octanol–water partition coefficient (Wildman–Crippen LogP) is 2.23. The summed E-state index contributed by atoms with van der Waals surface area (Å²) < 4.78 is 5.39. The van der Waals surface area contributed by atoms with Crippen LogP contribution in [-0.4, -0.2) is 12.5 Å². The molecule has 0 saturated carbocycles. The Hall–Kier alpha value is -2.03. The van der Waals surface area contributed by atoms with Crippen molar-refractivity contribution < 1.29 is 9.21 Å². The van der Waals surface area contributed by atoms with Crippen LogP contribution in [0, 0.1) is 0 Å². The Bertz CT molecular complexity index is 529. The Morgan fingerprint density at radius 3 is 2.81 bits per heavy atom. The van der Waals surface area contributed by atoms with Crippen molar-refractivity contribution in [1.82, 2.24) is 5.32 Å². The number of hydrogen-bond donors (Lipinski definition) is 1. The van der Waals surface area contributed by atoms with Crippen LogP contribution in [0.4, 0.5) is 0 Å². The largest absolute Gasteiger partial charge is 0.464 e. The first kappa shape index (κ1) is 9.21. The van der Waals surface area contributed by atoms with Gasteiger partial charge in [0, 0.05) is 17.7 Å². The lowest BCUT2D eigenvalue weighted by Gasteiger charge is -2.18. The third kappa shape index (κ3) is 1.33. The average molecular weight is 213 g/mol. The van der Waals surface area contributed by atoms with E-state index in [-0.39, 0.29) is 5.91 Å². The molecule has 2 heterocycles. The van der Waals surface area contributed by atoms with E-state index in [2.05, 4.69) is 5.32 Å². The maximum Gasteiger partial charge on any atom is 0.251 e. The molecule has 16 heavy (non-hydrogen) atoms. The van der Waals surface area contributed by atoms with Gasteiger partial charge in [-0.1, -0.05) is 12.1 Å². The van der Waals surface area contributed by atoms with Gasteiger partial charge < -0.3 is 9.73 Å². The summed E-state index contributed by atoms with van der Waals surface area (Å²) in [6, 6.07) is 9.52. The molecule has 0 radical (unpaired) electrons. The standard InChI is InChI=1S/C13H11NO2/c15-13-11-4-1-3-10(9(11)6-7-14-13)12-5-2-8-16-12/h1-5,8H,6-7H2,(H,14,15). The molecule has 1 aromatic heterocycles. The summed E-state index contributed by atoms with van der Waals surface area (Å²) in [4.78, 5) is 11.7. The van der Waals surface area contributed by atoms with Crippen LogP contribution in [0.5, 0.6) is 0 Å². The number of nitrogens with one attached hydrogen (secondary N) is 1. The number of carbonyl (C=O) groups is 1. The fraction of sp³-hybridized carbons (Fsp3) is 0.154. The Morgan fingerprint density at radius 1 is 1.12 bits per heavy atom. The van der Waals surface area contributed by atoms with Gasteiger partial charge in [-0.15, -0.1) is 0 Å². The highest BCUT2D eigenvalue weighted by atomic mass is 16.3. The highest BCUT2D eigenvalue weighted by molar-refractivity contribution is 5.98. The van der Waals surface area contributed by atoms with E-state index in [1.54, 1.807) is 6.26 Å². The van der Waals surface area contributed by atoms with Gasteiger partial charge in [0.05, 0.1) is 6.26 Å². The fourth-order valence-corrected chi connectivity index (χ4v) is 2.13. The summed E-state index contributed by atoms with van der Waals surface area (Å²) in [6.45, 7) is 0.698. The fourth-order valence-electron chi connectivity index (χ4n) is 2.13. The van der Waals surface area contributed by atoms with Gasteiger partial charge in [-0.05, 0) is 30.2 Å². The van der Waals surface area contributed by atoms with Gasteiger partial charge in [-0.25, -0.2) is 0 Å². The quantitative estimate of drug-likeness (QED) is 0.789. The van der Waals surface area contributed by atoms with Crippen molar-refractivity contribution in [2.75, 3.05) is 6.54 Å². The molecular weight excluding hydrogens is 202 g/mol. The average Bonchev–Trinajstić information content (AvgIpc) is 2.82. The molecule has 3 heteroatoms. The van der Waals surface area contributed by atoms with Crippen LogP contribution in [0.25, 0.3) is 11.3 Å². The molecule has 2 aromatic rings. The molecule has 0 spiro atoms. The van der Waals surface area contributed by atoms with Crippen LogP contribution in [0.1, 0.15) is 15.9 Å². The van der Waals surface area contributed by atoms with Crippen LogP contribution < -0.4 is 5.32 Å². The normalized spacial score (nSPS) is 14.4. The molecule has 1 aromatic carbocycles. The maximum absolute atomic E-state index is 11.7. The Kier molecular flexibility index (Phi) is 2.03. The van der Waals surface area contributed by atoms with Gasteiger partial charge in [-0.3, -0.25) is 4.79 Å². The molecule has 0 aliphatic carbocycles. The molecule has 80 valence electrons. The minimum absolute atomic E-state index is 0.00894. The number of benzene rings is 1. The smallest absolute Gasteiger partial charge is 0.251 e. The van der Waals surface area contributed by atoms with E-state index in [0.29, 0.717) is 6.54 Å². The Balaban J connectivity index is 2.20. The first-order valence-electron chi connectivity index (χ1n) is 5.30. The van der Waals surface area contributed by atoms with Crippen molar-refractivity contribution in [3.8, 4) is 11.3 Å². The summed E-state index contributed by atoms with van der Waals surface area (Å²) in [5, 5.41) is 2.84. The van der Waals surface area contributed by atoms with Crippen molar-refractivity contribution in [2.45, 2.75) is 6.42 Å². The molecular formula is C13H11NO2. The number of amides is 1. The maximum atomic E-state index is 11.7. The summed E-state index contributed by atoms with van der Waals surface area (Å²) in [6.07, 6.45) is 2.51. The van der Waals surface area contributed by atoms with E-state index in [4.69, 9.17) is 4.42 Å². The summed E-state index contributed by atoms with van der Waals surface area (Å²) in [5.41, 5.74) is 2.87. The van der Waals surface area contributed by atoms with Gasteiger partial charge in [-0.2, -0.15) is 0 Å². The van der Waals surface area contributed by atoms with Gasteiger partial charge in [0.25, 0.3) is 5.91 Å². The first-order valence-corrected chi connectivity index (χ1v) is 5.30. The minimum atomic E-state index is 0.00894. The number of rotatable bonds is 1. The van der Waals surface area contributed by atoms with Gasteiger partial charge in [0.15, 0.2) is 0 Å². The van der Waals surface area contributed by atoms with Gasteiger partial charge >= 0.3 is 0 Å².